The quantitative estimate of drug-likeness (QED) is 0.822. The van der Waals surface area contributed by atoms with Crippen molar-refractivity contribution in [2.75, 3.05) is 17.2 Å². The van der Waals surface area contributed by atoms with Crippen LogP contribution in [0.15, 0.2) is 48.5 Å². The maximum Gasteiger partial charge on any atom is 0.323 e. The number of nitrogens with zero attached hydrogens (tertiary/aromatic N) is 1. The van der Waals surface area contributed by atoms with Gasteiger partial charge in [0.1, 0.15) is 12.4 Å². The van der Waals surface area contributed by atoms with Crippen LogP contribution in [0.3, 0.4) is 0 Å². The van der Waals surface area contributed by atoms with Gasteiger partial charge < -0.3 is 15.7 Å². The highest BCUT2D eigenvalue weighted by atomic mass is 19.1. The lowest BCUT2D eigenvalue weighted by molar-refractivity contribution is -0.135. The number of carboxylic acid groups (broad SMARTS) is 1. The molecule has 0 saturated carbocycles. The lowest BCUT2D eigenvalue weighted by Crippen LogP contribution is -2.30. The van der Waals surface area contributed by atoms with E-state index in [1.807, 2.05) is 0 Å². The second kappa shape index (κ2) is 6.06. The minimum Gasteiger partial charge on any atom is -0.480 e. The third-order valence-electron chi connectivity index (χ3n) is 2.92. The number of para-hydroxylation sites is 2. The number of benzene rings is 2. The summed E-state index contributed by atoms with van der Waals surface area (Å²) in [7, 11) is 0. The first-order valence-electron chi connectivity index (χ1n) is 6.12. The van der Waals surface area contributed by atoms with Gasteiger partial charge in [-0.05, 0) is 18.2 Å². The molecule has 4 nitrogen and oxygen atoms in total. The zero-order valence-corrected chi connectivity index (χ0v) is 10.8. The SMILES string of the molecule is Nc1ccccc1N(CC(=O)O)Cc1ccccc1F. The Morgan fingerprint density at radius 1 is 1.15 bits per heavy atom. The summed E-state index contributed by atoms with van der Waals surface area (Å²) in [6.45, 7) is -0.101. The Kier molecular flexibility index (Phi) is 4.20. The number of hydrogen-bond acceptors (Lipinski definition) is 3. The van der Waals surface area contributed by atoms with E-state index in [-0.39, 0.29) is 18.9 Å². The van der Waals surface area contributed by atoms with E-state index in [9.17, 15) is 9.18 Å². The van der Waals surface area contributed by atoms with Crippen molar-refractivity contribution in [3.8, 4) is 0 Å². The molecule has 2 aromatic rings. The highest BCUT2D eigenvalue weighted by molar-refractivity contribution is 5.77. The van der Waals surface area contributed by atoms with Crippen LogP contribution in [0.1, 0.15) is 5.56 Å². The van der Waals surface area contributed by atoms with E-state index >= 15 is 0 Å². The van der Waals surface area contributed by atoms with Crippen LogP contribution in [-0.2, 0) is 11.3 Å². The third kappa shape index (κ3) is 3.26. The van der Waals surface area contributed by atoms with E-state index in [4.69, 9.17) is 10.8 Å². The Morgan fingerprint density at radius 2 is 1.80 bits per heavy atom. The molecular weight excluding hydrogens is 259 g/mol. The summed E-state index contributed by atoms with van der Waals surface area (Å²) in [5.41, 5.74) is 7.33. The van der Waals surface area contributed by atoms with Crippen LogP contribution in [0.25, 0.3) is 0 Å². The van der Waals surface area contributed by atoms with Crippen molar-refractivity contribution in [1.29, 1.82) is 0 Å². The van der Waals surface area contributed by atoms with Gasteiger partial charge in [-0.1, -0.05) is 30.3 Å². The standard InChI is InChI=1S/C15H15FN2O2/c16-12-6-2-1-5-11(12)9-18(10-15(19)20)14-8-4-3-7-13(14)17/h1-8H,9-10,17H2,(H,19,20). The van der Waals surface area contributed by atoms with Crippen LogP contribution in [0.5, 0.6) is 0 Å². The second-order valence-electron chi connectivity index (χ2n) is 4.40. The summed E-state index contributed by atoms with van der Waals surface area (Å²) in [4.78, 5) is 12.5. The normalized spacial score (nSPS) is 10.2. The van der Waals surface area contributed by atoms with Gasteiger partial charge in [0.05, 0.1) is 11.4 Å². The summed E-state index contributed by atoms with van der Waals surface area (Å²) < 4.78 is 13.7. The Balaban J connectivity index is 2.32. The fraction of sp³-hybridized carbons (Fsp3) is 0.133. The predicted molar refractivity (Wildman–Crippen MR) is 75.9 cm³/mol. The predicted octanol–water partition coefficient (Wildman–Crippen LogP) is 2.50. The van der Waals surface area contributed by atoms with Gasteiger partial charge in [0.25, 0.3) is 0 Å². The molecule has 2 rings (SSSR count). The van der Waals surface area contributed by atoms with Crippen molar-refractivity contribution >= 4 is 17.3 Å². The van der Waals surface area contributed by atoms with E-state index < -0.39 is 5.97 Å². The second-order valence-corrected chi connectivity index (χ2v) is 4.40. The van der Waals surface area contributed by atoms with Gasteiger partial charge in [0.2, 0.25) is 0 Å². The van der Waals surface area contributed by atoms with Crippen LogP contribution in [-0.4, -0.2) is 17.6 Å². The Hall–Kier alpha value is -2.56. The van der Waals surface area contributed by atoms with E-state index in [1.165, 1.54) is 11.0 Å². The molecule has 0 amide bonds. The zero-order chi connectivity index (χ0) is 14.5. The molecule has 0 saturated heterocycles. The summed E-state index contributed by atoms with van der Waals surface area (Å²) in [5.74, 6) is -1.36. The Morgan fingerprint density at radius 3 is 2.45 bits per heavy atom. The van der Waals surface area contributed by atoms with E-state index in [0.29, 0.717) is 16.9 Å². The molecule has 0 fully saturated rings. The van der Waals surface area contributed by atoms with Gasteiger partial charge in [0, 0.05) is 12.1 Å². The number of carboxylic acids is 1. The first kappa shape index (κ1) is 13.9. The van der Waals surface area contributed by atoms with Crippen molar-refractivity contribution < 1.29 is 14.3 Å². The molecule has 2 aromatic carbocycles. The van der Waals surface area contributed by atoms with Crippen LogP contribution >= 0.6 is 0 Å². The molecule has 0 unspecified atom stereocenters. The van der Waals surface area contributed by atoms with E-state index in [2.05, 4.69) is 0 Å². The molecular formula is C15H15FN2O2. The van der Waals surface area contributed by atoms with Crippen LogP contribution in [0.2, 0.25) is 0 Å². The lowest BCUT2D eigenvalue weighted by atomic mass is 10.1. The zero-order valence-electron chi connectivity index (χ0n) is 10.8. The Labute approximate surface area is 116 Å². The van der Waals surface area contributed by atoms with Crippen molar-refractivity contribution in [2.24, 2.45) is 0 Å². The minimum absolute atomic E-state index is 0.146. The van der Waals surface area contributed by atoms with Gasteiger partial charge in [0.15, 0.2) is 0 Å². The number of aliphatic carboxylic acids is 1. The van der Waals surface area contributed by atoms with Crippen LogP contribution in [0.4, 0.5) is 15.8 Å². The highest BCUT2D eigenvalue weighted by Gasteiger charge is 2.15. The number of hydrogen-bond donors (Lipinski definition) is 2. The molecule has 104 valence electrons. The smallest absolute Gasteiger partial charge is 0.323 e. The maximum atomic E-state index is 13.7. The number of nitrogens with two attached hydrogens (primary N) is 1. The van der Waals surface area contributed by atoms with Gasteiger partial charge in [-0.25, -0.2) is 4.39 Å². The van der Waals surface area contributed by atoms with E-state index in [1.54, 1.807) is 42.5 Å². The molecule has 0 aromatic heterocycles. The largest absolute Gasteiger partial charge is 0.480 e. The first-order chi connectivity index (χ1) is 9.58. The number of rotatable bonds is 5. The molecule has 3 N–H and O–H groups in total. The van der Waals surface area contributed by atoms with E-state index in [0.717, 1.165) is 0 Å². The minimum atomic E-state index is -0.996. The van der Waals surface area contributed by atoms with Gasteiger partial charge in [-0.3, -0.25) is 4.79 Å². The number of nitrogen functional groups attached to an aromatic ring is 1. The number of carbonyl (C=O) groups is 1. The fourth-order valence-electron chi connectivity index (χ4n) is 2.00. The summed E-state index contributed by atoms with van der Waals surface area (Å²) in [6.07, 6.45) is 0. The summed E-state index contributed by atoms with van der Waals surface area (Å²) in [6, 6.07) is 13.2. The van der Waals surface area contributed by atoms with Crippen molar-refractivity contribution in [3.05, 3.63) is 59.9 Å². The van der Waals surface area contributed by atoms with Gasteiger partial charge in [-0.15, -0.1) is 0 Å². The number of anilines is 2. The van der Waals surface area contributed by atoms with Gasteiger partial charge >= 0.3 is 5.97 Å². The van der Waals surface area contributed by atoms with Crippen molar-refractivity contribution in [3.63, 3.8) is 0 Å². The molecule has 20 heavy (non-hydrogen) atoms. The third-order valence-corrected chi connectivity index (χ3v) is 2.92. The van der Waals surface area contributed by atoms with Crippen molar-refractivity contribution in [1.82, 2.24) is 0 Å². The summed E-state index contributed by atoms with van der Waals surface area (Å²) in [5, 5.41) is 9.01. The maximum absolute atomic E-state index is 13.7. The fourth-order valence-corrected chi connectivity index (χ4v) is 2.00. The molecule has 0 spiro atoms. The highest BCUT2D eigenvalue weighted by Crippen LogP contribution is 2.24. The Bertz CT molecular complexity index is 616. The summed E-state index contributed by atoms with van der Waals surface area (Å²) >= 11 is 0. The molecule has 0 radical (unpaired) electrons. The lowest BCUT2D eigenvalue weighted by Gasteiger charge is -2.24. The van der Waals surface area contributed by atoms with Gasteiger partial charge in [-0.2, -0.15) is 0 Å². The molecule has 5 heteroatoms. The topological polar surface area (TPSA) is 66.6 Å². The molecule has 0 aliphatic rings. The molecule has 0 atom stereocenters. The monoisotopic (exact) mass is 274 g/mol. The van der Waals surface area contributed by atoms with Crippen LogP contribution in [0, 0.1) is 5.82 Å². The molecule has 0 heterocycles. The number of halogens is 1. The average molecular weight is 274 g/mol. The molecule has 0 bridgehead atoms. The molecule has 0 aliphatic carbocycles. The van der Waals surface area contributed by atoms with Crippen molar-refractivity contribution in [2.45, 2.75) is 6.54 Å². The average Bonchev–Trinajstić information content (AvgIpc) is 2.40. The first-order valence-corrected chi connectivity index (χ1v) is 6.12. The molecule has 0 aliphatic heterocycles. The van der Waals surface area contributed by atoms with Crippen LogP contribution < -0.4 is 10.6 Å².